The molecule has 0 saturated heterocycles. The van der Waals surface area contributed by atoms with Crippen LogP contribution in [-0.2, 0) is 0 Å². The predicted octanol–water partition coefficient (Wildman–Crippen LogP) is 6.94. The van der Waals surface area contributed by atoms with Gasteiger partial charge in [0, 0.05) is 0 Å². The van der Waals surface area contributed by atoms with Crippen LogP contribution in [0, 0.1) is 12.3 Å². The lowest BCUT2D eigenvalue weighted by Crippen LogP contribution is -2.20. The van der Waals surface area contributed by atoms with E-state index in [2.05, 4.69) is 27.7 Å². The van der Waals surface area contributed by atoms with Crippen molar-refractivity contribution >= 4 is 0 Å². The summed E-state index contributed by atoms with van der Waals surface area (Å²) in [6.07, 6.45) is 18.0. The van der Waals surface area contributed by atoms with E-state index in [4.69, 9.17) is 0 Å². The summed E-state index contributed by atoms with van der Waals surface area (Å²) in [7, 11) is 0. The summed E-state index contributed by atoms with van der Waals surface area (Å²) in [5.41, 5.74) is 0.580. The van der Waals surface area contributed by atoms with Gasteiger partial charge >= 0.3 is 0 Å². The Hall–Kier alpha value is 0. The fraction of sp³-hybridized carbons (Fsp3) is 0.944. The van der Waals surface area contributed by atoms with E-state index in [1.807, 2.05) is 0 Å². The summed E-state index contributed by atoms with van der Waals surface area (Å²) < 4.78 is 0. The molecule has 0 spiro atoms. The molecule has 0 atom stereocenters. The van der Waals surface area contributed by atoms with E-state index in [0.717, 1.165) is 6.42 Å². The van der Waals surface area contributed by atoms with Crippen molar-refractivity contribution in [1.82, 2.24) is 0 Å². The Balaban J connectivity index is 4.05. The van der Waals surface area contributed by atoms with Crippen LogP contribution >= 0.6 is 0 Å². The first-order valence-electron chi connectivity index (χ1n) is 8.54. The second-order valence-electron chi connectivity index (χ2n) is 6.12. The van der Waals surface area contributed by atoms with Crippen LogP contribution in [0.3, 0.4) is 0 Å². The molecule has 0 nitrogen and oxygen atoms in total. The predicted molar refractivity (Wildman–Crippen MR) is 84.8 cm³/mol. The van der Waals surface area contributed by atoms with Crippen molar-refractivity contribution in [1.29, 1.82) is 0 Å². The van der Waals surface area contributed by atoms with Crippen molar-refractivity contribution in [3.63, 3.8) is 0 Å². The third kappa shape index (κ3) is 8.16. The fourth-order valence-corrected chi connectivity index (χ4v) is 3.13. The van der Waals surface area contributed by atoms with E-state index in [1.165, 1.54) is 77.0 Å². The maximum absolute atomic E-state index is 4.27. The number of hydrogen-bond donors (Lipinski definition) is 0. The van der Waals surface area contributed by atoms with E-state index >= 15 is 0 Å². The third-order valence-corrected chi connectivity index (χ3v) is 4.43. The minimum atomic E-state index is 0.580. The first-order chi connectivity index (χ1) is 8.74. The molecule has 0 bridgehead atoms. The van der Waals surface area contributed by atoms with E-state index in [1.54, 1.807) is 0 Å². The lowest BCUT2D eigenvalue weighted by Gasteiger charge is -2.33. The molecule has 0 unspecified atom stereocenters. The van der Waals surface area contributed by atoms with E-state index in [-0.39, 0.29) is 0 Å². The molecular formula is C18H37. The summed E-state index contributed by atoms with van der Waals surface area (Å²) in [6, 6.07) is 0. The Bertz CT molecular complexity index is 147. The number of rotatable bonds is 13. The highest BCUT2D eigenvalue weighted by atomic mass is 14.3. The molecule has 0 aromatic carbocycles. The molecule has 0 aliphatic carbocycles. The lowest BCUT2D eigenvalue weighted by molar-refractivity contribution is 0.202. The second kappa shape index (κ2) is 12.1. The van der Waals surface area contributed by atoms with Crippen molar-refractivity contribution < 1.29 is 0 Å². The van der Waals surface area contributed by atoms with Gasteiger partial charge in [-0.2, -0.15) is 0 Å². The number of unbranched alkanes of at least 4 members (excludes halogenated alkanes) is 6. The Labute approximate surface area is 117 Å². The van der Waals surface area contributed by atoms with Gasteiger partial charge in [0.2, 0.25) is 0 Å². The van der Waals surface area contributed by atoms with Gasteiger partial charge in [-0.15, -0.1) is 0 Å². The molecule has 0 aromatic heterocycles. The maximum Gasteiger partial charge on any atom is -0.0298 e. The van der Waals surface area contributed by atoms with Crippen LogP contribution in [0.15, 0.2) is 0 Å². The van der Waals surface area contributed by atoms with E-state index in [9.17, 15) is 0 Å². The van der Waals surface area contributed by atoms with Crippen LogP contribution in [0.5, 0.6) is 0 Å². The van der Waals surface area contributed by atoms with Gasteiger partial charge in [0.15, 0.2) is 0 Å². The molecule has 0 aliphatic rings. The van der Waals surface area contributed by atoms with E-state index in [0.29, 0.717) is 5.41 Å². The Kier molecular flexibility index (Phi) is 12.1. The summed E-state index contributed by atoms with van der Waals surface area (Å²) in [6.45, 7) is 11.2. The molecule has 0 aliphatic heterocycles. The summed E-state index contributed by atoms with van der Waals surface area (Å²) >= 11 is 0. The minimum absolute atomic E-state index is 0.580. The van der Waals surface area contributed by atoms with E-state index < -0.39 is 0 Å². The number of hydrogen-bond acceptors (Lipinski definition) is 0. The van der Waals surface area contributed by atoms with Gasteiger partial charge in [0.05, 0.1) is 0 Å². The molecule has 0 amide bonds. The zero-order valence-electron chi connectivity index (χ0n) is 13.4. The standard InChI is InChI=1S/C18H37/c1-5-9-11-13-16-18(8-4,15-7-3)17-14-12-10-6-2/h4-17H2,1-3H3. The Morgan fingerprint density at radius 2 is 1.11 bits per heavy atom. The van der Waals surface area contributed by atoms with Crippen LogP contribution in [0.25, 0.3) is 0 Å². The molecule has 0 N–H and O–H groups in total. The monoisotopic (exact) mass is 253 g/mol. The molecule has 0 aromatic rings. The molecular weight excluding hydrogens is 216 g/mol. The van der Waals surface area contributed by atoms with Crippen molar-refractivity contribution in [2.45, 2.75) is 104 Å². The average Bonchev–Trinajstić information content (AvgIpc) is 2.39. The fourth-order valence-electron chi connectivity index (χ4n) is 3.13. The first-order valence-corrected chi connectivity index (χ1v) is 8.54. The molecule has 0 saturated carbocycles. The smallest absolute Gasteiger partial charge is 0.0298 e. The van der Waals surface area contributed by atoms with Gasteiger partial charge in [-0.05, 0) is 31.1 Å². The van der Waals surface area contributed by atoms with Gasteiger partial charge in [-0.1, -0.05) is 85.5 Å². The van der Waals surface area contributed by atoms with Crippen molar-refractivity contribution in [3.8, 4) is 0 Å². The maximum atomic E-state index is 4.27. The van der Waals surface area contributed by atoms with Crippen LogP contribution in [0.1, 0.15) is 104 Å². The van der Waals surface area contributed by atoms with Gasteiger partial charge in [0.1, 0.15) is 0 Å². The zero-order chi connectivity index (χ0) is 13.7. The first kappa shape index (κ1) is 18.0. The molecule has 0 heteroatoms. The van der Waals surface area contributed by atoms with Crippen LogP contribution in [-0.4, -0.2) is 0 Å². The molecule has 0 heterocycles. The van der Waals surface area contributed by atoms with Crippen molar-refractivity contribution in [2.75, 3.05) is 0 Å². The van der Waals surface area contributed by atoms with Crippen molar-refractivity contribution in [3.05, 3.63) is 6.92 Å². The Morgan fingerprint density at radius 3 is 1.44 bits per heavy atom. The highest BCUT2D eigenvalue weighted by Crippen LogP contribution is 2.39. The average molecular weight is 253 g/mol. The van der Waals surface area contributed by atoms with Crippen LogP contribution in [0.4, 0.5) is 0 Å². The lowest BCUT2D eigenvalue weighted by atomic mass is 9.72. The highest BCUT2D eigenvalue weighted by Gasteiger charge is 2.25. The Morgan fingerprint density at radius 1 is 0.611 bits per heavy atom. The topological polar surface area (TPSA) is 0 Å². The van der Waals surface area contributed by atoms with Gasteiger partial charge in [-0.3, -0.25) is 0 Å². The summed E-state index contributed by atoms with van der Waals surface area (Å²) in [5.74, 6) is 0. The zero-order valence-corrected chi connectivity index (χ0v) is 13.4. The van der Waals surface area contributed by atoms with Crippen LogP contribution in [0.2, 0.25) is 0 Å². The molecule has 0 fully saturated rings. The molecule has 1 radical (unpaired) electrons. The largest absolute Gasteiger partial charge is 0.0654 e. The molecule has 18 heavy (non-hydrogen) atoms. The normalized spacial score (nSPS) is 12.0. The minimum Gasteiger partial charge on any atom is -0.0654 e. The molecule has 0 rings (SSSR count). The van der Waals surface area contributed by atoms with Crippen LogP contribution < -0.4 is 0 Å². The summed E-state index contributed by atoms with van der Waals surface area (Å²) in [4.78, 5) is 0. The SMILES string of the molecule is [CH2]CC(CCC)(CCCCCC)CCCCCC. The quantitative estimate of drug-likeness (QED) is 0.312. The van der Waals surface area contributed by atoms with Gasteiger partial charge < -0.3 is 0 Å². The summed E-state index contributed by atoms with van der Waals surface area (Å²) in [5, 5.41) is 0. The van der Waals surface area contributed by atoms with Crippen molar-refractivity contribution in [2.24, 2.45) is 5.41 Å². The van der Waals surface area contributed by atoms with Gasteiger partial charge in [-0.25, -0.2) is 0 Å². The van der Waals surface area contributed by atoms with Gasteiger partial charge in [0.25, 0.3) is 0 Å². The second-order valence-corrected chi connectivity index (χ2v) is 6.12. The molecule has 109 valence electrons. The highest BCUT2D eigenvalue weighted by molar-refractivity contribution is 4.80. The third-order valence-electron chi connectivity index (χ3n) is 4.43.